The van der Waals surface area contributed by atoms with Crippen LogP contribution in [0.15, 0.2) is 18.2 Å². The molecule has 0 aliphatic heterocycles. The number of nitrogen functional groups attached to an aromatic ring is 1. The molecule has 0 atom stereocenters. The Morgan fingerprint density at radius 2 is 1.89 bits per heavy atom. The van der Waals surface area contributed by atoms with E-state index < -0.39 is 12.9 Å². The molecular formula is C12H20NO5P. The molecule has 0 radical (unpaired) electrons. The first-order valence-electron chi connectivity index (χ1n) is 6.03. The molecule has 0 spiro atoms. The van der Waals surface area contributed by atoms with Crippen LogP contribution in [0.2, 0.25) is 0 Å². The van der Waals surface area contributed by atoms with Crippen molar-refractivity contribution in [3.05, 3.63) is 23.8 Å². The minimum atomic E-state index is -4.44. The molecule has 7 heteroatoms. The Kier molecular flexibility index (Phi) is 4.98. The first kappa shape index (κ1) is 16.0. The van der Waals surface area contributed by atoms with E-state index in [2.05, 4.69) is 0 Å². The minimum Gasteiger partial charge on any atom is -0.472 e. The smallest absolute Gasteiger partial charge is 0.368 e. The summed E-state index contributed by atoms with van der Waals surface area (Å²) in [4.78, 5) is 19.0. The summed E-state index contributed by atoms with van der Waals surface area (Å²) in [5.41, 5.74) is 6.62. The molecule has 0 aromatic heterocycles. The molecule has 19 heavy (non-hydrogen) atoms. The van der Waals surface area contributed by atoms with Crippen LogP contribution in [0.5, 0.6) is 5.75 Å². The number of hydrogen-bond acceptors (Lipinski definition) is 4. The molecule has 0 bridgehead atoms. The standard InChI is InChI=1S/C12H20NO5P/c1-3-12(4-2,19(15,16)17)18-11-6-5-9(8-14)7-10(11)13/h5-7,14H,3-4,8,13H2,1-2H3,(H2,15,16,17). The van der Waals surface area contributed by atoms with Gasteiger partial charge in [-0.05, 0) is 30.5 Å². The number of ether oxygens (including phenoxy) is 1. The molecule has 5 N–H and O–H groups in total. The second-order valence-corrected chi connectivity index (χ2v) is 6.23. The maximum atomic E-state index is 11.6. The van der Waals surface area contributed by atoms with Gasteiger partial charge in [0, 0.05) is 0 Å². The Balaban J connectivity index is 3.14. The maximum absolute atomic E-state index is 11.6. The third-order valence-corrected chi connectivity index (χ3v) is 4.98. The quantitative estimate of drug-likeness (QED) is 0.469. The molecule has 0 fully saturated rings. The van der Waals surface area contributed by atoms with E-state index in [1.165, 1.54) is 12.1 Å². The normalized spacial score (nSPS) is 12.5. The molecule has 0 aliphatic rings. The van der Waals surface area contributed by atoms with E-state index in [1.54, 1.807) is 19.9 Å². The van der Waals surface area contributed by atoms with Crippen molar-refractivity contribution < 1.29 is 24.2 Å². The average molecular weight is 289 g/mol. The Hall–Kier alpha value is -1.07. The summed E-state index contributed by atoms with van der Waals surface area (Å²) in [6, 6.07) is 4.63. The van der Waals surface area contributed by atoms with E-state index in [-0.39, 0.29) is 30.9 Å². The Morgan fingerprint density at radius 1 is 1.32 bits per heavy atom. The lowest BCUT2D eigenvalue weighted by molar-refractivity contribution is 0.109. The Labute approximate surface area is 112 Å². The molecule has 1 aromatic carbocycles. The average Bonchev–Trinajstić information content (AvgIpc) is 2.36. The zero-order chi connectivity index (χ0) is 14.7. The van der Waals surface area contributed by atoms with Gasteiger partial charge in [-0.25, -0.2) is 0 Å². The Bertz CT molecular complexity index is 481. The van der Waals surface area contributed by atoms with Crippen LogP contribution in [0.4, 0.5) is 5.69 Å². The summed E-state index contributed by atoms with van der Waals surface area (Å²) in [6.45, 7) is 3.15. The predicted molar refractivity (Wildman–Crippen MR) is 72.8 cm³/mol. The van der Waals surface area contributed by atoms with Gasteiger partial charge >= 0.3 is 7.60 Å². The van der Waals surface area contributed by atoms with E-state index in [0.717, 1.165) is 0 Å². The van der Waals surface area contributed by atoms with Crippen LogP contribution in [0.3, 0.4) is 0 Å². The van der Waals surface area contributed by atoms with Gasteiger partial charge in [-0.3, -0.25) is 4.57 Å². The van der Waals surface area contributed by atoms with Gasteiger partial charge in [-0.15, -0.1) is 0 Å². The van der Waals surface area contributed by atoms with E-state index in [4.69, 9.17) is 15.6 Å². The lowest BCUT2D eigenvalue weighted by atomic mass is 10.1. The van der Waals surface area contributed by atoms with Crippen molar-refractivity contribution >= 4 is 13.3 Å². The van der Waals surface area contributed by atoms with Crippen LogP contribution < -0.4 is 10.5 Å². The third kappa shape index (κ3) is 3.28. The second kappa shape index (κ2) is 5.92. The highest BCUT2D eigenvalue weighted by atomic mass is 31.2. The van der Waals surface area contributed by atoms with Crippen LogP contribution in [-0.4, -0.2) is 20.2 Å². The van der Waals surface area contributed by atoms with Gasteiger partial charge in [0.2, 0.25) is 5.34 Å². The summed E-state index contributed by atoms with van der Waals surface area (Å²) >= 11 is 0. The highest BCUT2D eigenvalue weighted by molar-refractivity contribution is 7.53. The van der Waals surface area contributed by atoms with Gasteiger partial charge in [-0.1, -0.05) is 19.9 Å². The van der Waals surface area contributed by atoms with Crippen molar-refractivity contribution in [1.82, 2.24) is 0 Å². The van der Waals surface area contributed by atoms with Gasteiger partial charge in [-0.2, -0.15) is 0 Å². The molecule has 1 aromatic rings. The zero-order valence-corrected chi connectivity index (χ0v) is 11.9. The number of aliphatic hydroxyl groups excluding tert-OH is 1. The highest BCUT2D eigenvalue weighted by Crippen LogP contribution is 2.55. The van der Waals surface area contributed by atoms with Gasteiger partial charge < -0.3 is 25.4 Å². The summed E-state index contributed by atoms with van der Waals surface area (Å²) in [6.07, 6.45) is 0.323. The monoisotopic (exact) mass is 289 g/mol. The molecule has 0 saturated carbocycles. The number of benzene rings is 1. The Morgan fingerprint density at radius 3 is 2.26 bits per heavy atom. The summed E-state index contributed by atoms with van der Waals surface area (Å²) in [5, 5.41) is 7.42. The zero-order valence-electron chi connectivity index (χ0n) is 11.0. The van der Waals surface area contributed by atoms with Crippen molar-refractivity contribution in [3.63, 3.8) is 0 Å². The number of aliphatic hydroxyl groups is 1. The van der Waals surface area contributed by atoms with E-state index >= 15 is 0 Å². The number of hydrogen-bond donors (Lipinski definition) is 4. The fourth-order valence-electron chi connectivity index (χ4n) is 1.86. The van der Waals surface area contributed by atoms with Crippen molar-refractivity contribution in [3.8, 4) is 5.75 Å². The second-order valence-electron chi connectivity index (χ2n) is 4.33. The van der Waals surface area contributed by atoms with Crippen LogP contribution in [-0.2, 0) is 11.2 Å². The topological polar surface area (TPSA) is 113 Å². The molecule has 108 valence electrons. The third-order valence-electron chi connectivity index (χ3n) is 3.19. The van der Waals surface area contributed by atoms with E-state index in [9.17, 15) is 14.4 Å². The molecule has 1 rings (SSSR count). The van der Waals surface area contributed by atoms with Crippen molar-refractivity contribution in [2.24, 2.45) is 0 Å². The minimum absolute atomic E-state index is 0.157. The molecule has 0 aliphatic carbocycles. The summed E-state index contributed by atoms with van der Waals surface area (Å²) < 4.78 is 17.2. The highest BCUT2D eigenvalue weighted by Gasteiger charge is 2.46. The predicted octanol–water partition coefficient (Wildman–Crippen LogP) is 1.83. The summed E-state index contributed by atoms with van der Waals surface area (Å²) in [5.74, 6) is 0.212. The van der Waals surface area contributed by atoms with Gasteiger partial charge in [0.25, 0.3) is 0 Å². The first-order chi connectivity index (χ1) is 8.79. The number of rotatable bonds is 6. The lowest BCUT2D eigenvalue weighted by Crippen LogP contribution is -2.34. The van der Waals surface area contributed by atoms with Crippen LogP contribution >= 0.6 is 7.60 Å². The van der Waals surface area contributed by atoms with Crippen LogP contribution in [0.1, 0.15) is 32.3 Å². The largest absolute Gasteiger partial charge is 0.472 e. The molecule has 0 amide bonds. The van der Waals surface area contributed by atoms with Crippen molar-refractivity contribution in [1.29, 1.82) is 0 Å². The van der Waals surface area contributed by atoms with Crippen LogP contribution in [0.25, 0.3) is 0 Å². The van der Waals surface area contributed by atoms with Crippen molar-refractivity contribution in [2.45, 2.75) is 38.6 Å². The van der Waals surface area contributed by atoms with E-state index in [1.807, 2.05) is 0 Å². The van der Waals surface area contributed by atoms with Gasteiger partial charge in [0.05, 0.1) is 12.3 Å². The molecule has 0 heterocycles. The molecule has 0 saturated heterocycles. The number of nitrogens with two attached hydrogens (primary N) is 1. The maximum Gasteiger partial charge on any atom is 0.368 e. The van der Waals surface area contributed by atoms with Crippen LogP contribution in [0, 0.1) is 0 Å². The van der Waals surface area contributed by atoms with E-state index in [0.29, 0.717) is 5.56 Å². The first-order valence-corrected chi connectivity index (χ1v) is 7.64. The van der Waals surface area contributed by atoms with Gasteiger partial charge in [0.1, 0.15) is 5.75 Å². The number of anilines is 1. The SMILES string of the molecule is CCC(CC)(Oc1ccc(CO)cc1N)P(=O)(O)O. The fraction of sp³-hybridized carbons (Fsp3) is 0.500. The molecule has 6 nitrogen and oxygen atoms in total. The molecule has 0 unspecified atom stereocenters. The molecular weight excluding hydrogens is 269 g/mol. The van der Waals surface area contributed by atoms with Gasteiger partial charge in [0.15, 0.2) is 0 Å². The fourth-order valence-corrected chi connectivity index (χ4v) is 2.90. The van der Waals surface area contributed by atoms with Crippen molar-refractivity contribution in [2.75, 3.05) is 5.73 Å². The summed E-state index contributed by atoms with van der Waals surface area (Å²) in [7, 11) is -4.44. The lowest BCUT2D eigenvalue weighted by Gasteiger charge is -2.33.